The van der Waals surface area contributed by atoms with Gasteiger partial charge < -0.3 is 4.84 Å². The predicted octanol–water partition coefficient (Wildman–Crippen LogP) is 0.521. The van der Waals surface area contributed by atoms with Crippen molar-refractivity contribution in [3.63, 3.8) is 0 Å². The molecule has 60 valence electrons. The van der Waals surface area contributed by atoms with Gasteiger partial charge in [-0.25, -0.2) is 9.80 Å². The average molecular weight is 162 g/mol. The van der Waals surface area contributed by atoms with Crippen LogP contribution in [-0.2, 0) is 9.63 Å². The van der Waals surface area contributed by atoms with Crippen LogP contribution < -0.4 is 5.01 Å². The second-order valence-electron chi connectivity index (χ2n) is 2.77. The van der Waals surface area contributed by atoms with Gasteiger partial charge in [-0.3, -0.25) is 0 Å². The first kappa shape index (κ1) is 6.02. The number of para-hydroxylation sites is 1. The molecule has 1 aromatic rings. The molecule has 2 fully saturated rings. The minimum absolute atomic E-state index is 0.146. The van der Waals surface area contributed by atoms with E-state index in [9.17, 15) is 4.79 Å². The van der Waals surface area contributed by atoms with E-state index in [4.69, 9.17) is 4.84 Å². The van der Waals surface area contributed by atoms with Crippen LogP contribution in [-0.4, -0.2) is 17.3 Å². The summed E-state index contributed by atoms with van der Waals surface area (Å²) in [6.07, 6.45) is -0.146. The van der Waals surface area contributed by atoms with Crippen molar-refractivity contribution in [1.29, 1.82) is 0 Å². The van der Waals surface area contributed by atoms with Gasteiger partial charge in [0.1, 0.15) is 0 Å². The van der Waals surface area contributed by atoms with Crippen molar-refractivity contribution in [2.75, 3.05) is 5.01 Å². The monoisotopic (exact) mass is 162 g/mol. The first-order chi connectivity index (χ1) is 5.88. The van der Waals surface area contributed by atoms with E-state index in [1.807, 2.05) is 35.3 Å². The summed E-state index contributed by atoms with van der Waals surface area (Å²) in [5, 5.41) is 3.36. The maximum Gasteiger partial charge on any atom is 0.371 e. The van der Waals surface area contributed by atoms with Crippen LogP contribution in [0.2, 0.25) is 0 Å². The van der Waals surface area contributed by atoms with E-state index in [0.717, 1.165) is 5.69 Å². The number of hydroxylamine groups is 1. The van der Waals surface area contributed by atoms with Crippen LogP contribution in [0.1, 0.15) is 0 Å². The van der Waals surface area contributed by atoms with Gasteiger partial charge in [0.2, 0.25) is 0 Å². The minimum atomic E-state index is -0.168. The summed E-state index contributed by atoms with van der Waals surface area (Å²) < 4.78 is 0. The Kier molecular flexibility index (Phi) is 0.895. The maximum atomic E-state index is 10.8. The third-order valence-electron chi connectivity index (χ3n) is 2.01. The Morgan fingerprint density at radius 3 is 2.50 bits per heavy atom. The van der Waals surface area contributed by atoms with E-state index in [1.54, 1.807) is 5.17 Å². The van der Waals surface area contributed by atoms with Crippen LogP contribution in [0, 0.1) is 0 Å². The molecule has 4 heteroatoms. The smallest absolute Gasteiger partial charge is 0.341 e. The fourth-order valence-corrected chi connectivity index (χ4v) is 1.37. The number of benzene rings is 1. The number of carbonyl (C=O) groups is 1. The Bertz CT molecular complexity index is 338. The van der Waals surface area contributed by atoms with E-state index in [1.165, 1.54) is 0 Å². The number of carbonyl (C=O) groups excluding carboxylic acids is 1. The van der Waals surface area contributed by atoms with Gasteiger partial charge in [-0.05, 0) is 17.3 Å². The zero-order valence-corrected chi connectivity index (χ0v) is 6.18. The molecule has 3 rings (SSSR count). The largest absolute Gasteiger partial charge is 0.371 e. The summed E-state index contributed by atoms with van der Waals surface area (Å²) in [4.78, 5) is 15.5. The molecule has 12 heavy (non-hydrogen) atoms. The molecule has 0 saturated carbocycles. The molecule has 2 unspecified atom stereocenters. The van der Waals surface area contributed by atoms with Crippen molar-refractivity contribution in [1.82, 2.24) is 5.17 Å². The SMILES string of the molecule is O=C1ON2C1N2c1ccccc1. The number of rotatable bonds is 1. The normalized spacial score (nSPS) is 30.3. The predicted molar refractivity (Wildman–Crippen MR) is 40.6 cm³/mol. The van der Waals surface area contributed by atoms with Crippen LogP contribution in [0.3, 0.4) is 0 Å². The highest BCUT2D eigenvalue weighted by Gasteiger charge is 2.65. The Balaban J connectivity index is 1.90. The number of fused-ring (bicyclic) bond motifs is 1. The minimum Gasteiger partial charge on any atom is -0.341 e. The lowest BCUT2D eigenvalue weighted by atomic mass is 10.3. The highest BCUT2D eigenvalue weighted by Crippen LogP contribution is 2.41. The summed E-state index contributed by atoms with van der Waals surface area (Å²) >= 11 is 0. The second kappa shape index (κ2) is 1.78. The van der Waals surface area contributed by atoms with Gasteiger partial charge in [0, 0.05) is 0 Å². The van der Waals surface area contributed by atoms with E-state index in [-0.39, 0.29) is 12.1 Å². The molecule has 2 aliphatic heterocycles. The summed E-state index contributed by atoms with van der Waals surface area (Å²) in [6.45, 7) is 0. The van der Waals surface area contributed by atoms with Crippen molar-refractivity contribution < 1.29 is 9.63 Å². The van der Waals surface area contributed by atoms with Crippen LogP contribution in [0.4, 0.5) is 5.69 Å². The first-order valence-corrected chi connectivity index (χ1v) is 3.73. The highest BCUT2D eigenvalue weighted by atomic mass is 16.8. The van der Waals surface area contributed by atoms with Gasteiger partial charge >= 0.3 is 5.97 Å². The zero-order chi connectivity index (χ0) is 8.13. The number of hydrazine groups is 1. The van der Waals surface area contributed by atoms with Crippen molar-refractivity contribution in [3.8, 4) is 0 Å². The molecule has 4 nitrogen and oxygen atoms in total. The quantitative estimate of drug-likeness (QED) is 0.563. The molecule has 0 radical (unpaired) electrons. The Morgan fingerprint density at radius 1 is 1.25 bits per heavy atom. The van der Waals surface area contributed by atoms with Gasteiger partial charge in [-0.2, -0.15) is 0 Å². The molecule has 1 aromatic carbocycles. The maximum absolute atomic E-state index is 10.8. The fraction of sp³-hybridized carbons (Fsp3) is 0.125. The lowest BCUT2D eigenvalue weighted by Crippen LogP contribution is -2.28. The molecule has 0 aliphatic carbocycles. The van der Waals surface area contributed by atoms with Crippen molar-refractivity contribution >= 4 is 11.7 Å². The molecule has 0 N–H and O–H groups in total. The number of hydrogen-bond donors (Lipinski definition) is 0. The van der Waals surface area contributed by atoms with E-state index in [0.29, 0.717) is 0 Å². The molecule has 2 aliphatic rings. The topological polar surface area (TPSA) is 32.3 Å². The van der Waals surface area contributed by atoms with Crippen molar-refractivity contribution in [2.24, 2.45) is 0 Å². The van der Waals surface area contributed by atoms with Gasteiger partial charge in [-0.1, -0.05) is 18.2 Å². The molecule has 2 atom stereocenters. The van der Waals surface area contributed by atoms with E-state index < -0.39 is 0 Å². The molecule has 0 spiro atoms. The lowest BCUT2D eigenvalue weighted by Gasteiger charge is -2.04. The Morgan fingerprint density at radius 2 is 2.00 bits per heavy atom. The zero-order valence-electron chi connectivity index (χ0n) is 6.18. The number of anilines is 1. The fourth-order valence-electron chi connectivity index (χ4n) is 1.37. The van der Waals surface area contributed by atoms with Crippen molar-refractivity contribution in [3.05, 3.63) is 30.3 Å². The molecular formula is C8H6N2O2. The average Bonchev–Trinajstić information content (AvgIpc) is 2.73. The molecule has 0 amide bonds. The summed E-state index contributed by atoms with van der Waals surface area (Å²) in [5.41, 5.74) is 0.994. The van der Waals surface area contributed by atoms with Crippen LogP contribution in [0.5, 0.6) is 0 Å². The molecular weight excluding hydrogens is 156 g/mol. The van der Waals surface area contributed by atoms with Crippen LogP contribution in [0.25, 0.3) is 0 Å². The first-order valence-electron chi connectivity index (χ1n) is 3.73. The van der Waals surface area contributed by atoms with Gasteiger partial charge in [0.15, 0.2) is 0 Å². The van der Waals surface area contributed by atoms with Crippen molar-refractivity contribution in [2.45, 2.75) is 6.17 Å². The van der Waals surface area contributed by atoms with Crippen LogP contribution in [0.15, 0.2) is 30.3 Å². The highest BCUT2D eigenvalue weighted by molar-refractivity contribution is 5.89. The molecule has 0 aromatic heterocycles. The molecule has 2 saturated heterocycles. The molecule has 0 bridgehead atoms. The van der Waals surface area contributed by atoms with E-state index in [2.05, 4.69) is 0 Å². The Labute approximate surface area is 68.9 Å². The Hall–Kier alpha value is -1.55. The van der Waals surface area contributed by atoms with Gasteiger partial charge in [0.05, 0.1) is 5.69 Å². The number of nitrogens with zero attached hydrogens (tertiary/aromatic N) is 2. The van der Waals surface area contributed by atoms with Gasteiger partial charge in [-0.15, -0.1) is 0 Å². The standard InChI is InChI=1S/C8H6N2O2/c11-8-7-9(10(7)12-8)6-4-2-1-3-5-6/h1-5,7H. The van der Waals surface area contributed by atoms with E-state index >= 15 is 0 Å². The summed E-state index contributed by atoms with van der Waals surface area (Å²) in [5.74, 6) is -0.168. The number of hydrogen-bond acceptors (Lipinski definition) is 4. The third kappa shape index (κ3) is 0.579. The lowest BCUT2D eigenvalue weighted by molar-refractivity contribution is -0.193. The summed E-state index contributed by atoms with van der Waals surface area (Å²) in [6, 6.07) is 9.67. The second-order valence-corrected chi connectivity index (χ2v) is 2.77. The third-order valence-corrected chi connectivity index (χ3v) is 2.01. The summed E-state index contributed by atoms with van der Waals surface area (Å²) in [7, 11) is 0. The van der Waals surface area contributed by atoms with Crippen LogP contribution >= 0.6 is 0 Å². The molecule has 2 heterocycles. The van der Waals surface area contributed by atoms with Gasteiger partial charge in [0.25, 0.3) is 6.17 Å².